The number of fused-ring (bicyclic) bond motifs is 3. The van der Waals surface area contributed by atoms with Gasteiger partial charge in [-0.05, 0) is 48.4 Å². The van der Waals surface area contributed by atoms with Gasteiger partial charge in [-0.15, -0.1) is 11.8 Å². The fourth-order valence-corrected chi connectivity index (χ4v) is 5.70. The van der Waals surface area contributed by atoms with Gasteiger partial charge in [0.2, 0.25) is 0 Å². The van der Waals surface area contributed by atoms with Crippen LogP contribution in [0.3, 0.4) is 0 Å². The molecule has 3 aliphatic rings. The number of nitrogens with zero attached hydrogens (tertiary/aromatic N) is 1. The second kappa shape index (κ2) is 6.58. The summed E-state index contributed by atoms with van der Waals surface area (Å²) in [5, 5.41) is 7.29. The Hall–Kier alpha value is -1.65. The van der Waals surface area contributed by atoms with Crippen LogP contribution in [0.1, 0.15) is 29.9 Å². The van der Waals surface area contributed by atoms with E-state index < -0.39 is 0 Å². The predicted octanol–water partition coefficient (Wildman–Crippen LogP) is 4.06. The molecule has 0 spiro atoms. The first-order valence-electron chi connectivity index (χ1n) is 9.46. The predicted molar refractivity (Wildman–Crippen MR) is 107 cm³/mol. The minimum Gasteiger partial charge on any atom is -0.381 e. The van der Waals surface area contributed by atoms with Crippen molar-refractivity contribution in [2.45, 2.75) is 36.2 Å². The smallest absolute Gasteiger partial charge is 0.0545 e. The van der Waals surface area contributed by atoms with E-state index in [9.17, 15) is 0 Å². The summed E-state index contributed by atoms with van der Waals surface area (Å²) >= 11 is 2.05. The minimum absolute atomic E-state index is 0.652. The number of rotatable bonds is 3. The highest BCUT2D eigenvalue weighted by atomic mass is 32.2. The van der Waals surface area contributed by atoms with Crippen LogP contribution in [0.4, 0.5) is 11.4 Å². The molecule has 0 amide bonds. The average Bonchev–Trinajstić information content (AvgIpc) is 2.83. The fraction of sp³-hybridized carbons (Fsp3) is 0.429. The molecular weight excluding hydrogens is 326 g/mol. The van der Waals surface area contributed by atoms with Crippen molar-refractivity contribution in [3.05, 3.63) is 53.6 Å². The fourth-order valence-electron chi connectivity index (χ4n) is 4.63. The van der Waals surface area contributed by atoms with Gasteiger partial charge in [0.1, 0.15) is 0 Å². The Kier molecular flexibility index (Phi) is 4.10. The van der Waals surface area contributed by atoms with Crippen LogP contribution in [0.25, 0.3) is 0 Å². The molecule has 3 aliphatic heterocycles. The second-order valence-electron chi connectivity index (χ2n) is 7.31. The van der Waals surface area contributed by atoms with E-state index in [0.717, 1.165) is 19.6 Å². The van der Waals surface area contributed by atoms with E-state index in [1.807, 2.05) is 11.8 Å². The van der Waals surface area contributed by atoms with Crippen LogP contribution < -0.4 is 15.5 Å². The largest absolute Gasteiger partial charge is 0.381 e. The lowest BCUT2D eigenvalue weighted by atomic mass is 9.90. The van der Waals surface area contributed by atoms with Crippen molar-refractivity contribution in [3.8, 4) is 0 Å². The van der Waals surface area contributed by atoms with E-state index in [4.69, 9.17) is 0 Å². The molecule has 0 bridgehead atoms. The molecule has 0 radical (unpaired) electrons. The molecule has 1 fully saturated rings. The van der Waals surface area contributed by atoms with Crippen molar-refractivity contribution in [2.24, 2.45) is 0 Å². The van der Waals surface area contributed by atoms with E-state index in [-0.39, 0.29) is 0 Å². The molecule has 5 rings (SSSR count). The number of hydrogen-bond donors (Lipinski definition) is 2. The van der Waals surface area contributed by atoms with E-state index in [1.54, 1.807) is 11.3 Å². The van der Waals surface area contributed by atoms with Gasteiger partial charge >= 0.3 is 0 Å². The zero-order valence-electron chi connectivity index (χ0n) is 14.5. The third-order valence-corrected chi connectivity index (χ3v) is 6.89. The first-order valence-corrected chi connectivity index (χ1v) is 10.4. The van der Waals surface area contributed by atoms with Gasteiger partial charge < -0.3 is 15.5 Å². The van der Waals surface area contributed by atoms with Gasteiger partial charge in [-0.25, -0.2) is 0 Å². The van der Waals surface area contributed by atoms with Crippen LogP contribution in [-0.2, 0) is 6.54 Å². The average molecular weight is 352 g/mol. The quantitative estimate of drug-likeness (QED) is 0.872. The van der Waals surface area contributed by atoms with Crippen molar-refractivity contribution in [1.82, 2.24) is 5.32 Å². The summed E-state index contributed by atoms with van der Waals surface area (Å²) in [5.41, 5.74) is 5.73. The Morgan fingerprint density at radius 3 is 3.04 bits per heavy atom. The Labute approximate surface area is 154 Å². The Morgan fingerprint density at radius 2 is 2.12 bits per heavy atom. The second-order valence-corrected chi connectivity index (χ2v) is 8.45. The molecule has 130 valence electrons. The molecule has 4 heteroatoms. The summed E-state index contributed by atoms with van der Waals surface area (Å²) in [5.74, 6) is 1.89. The van der Waals surface area contributed by atoms with E-state index in [0.29, 0.717) is 12.0 Å². The number of thioether (sulfide) groups is 1. The van der Waals surface area contributed by atoms with E-state index in [2.05, 4.69) is 58.0 Å². The summed E-state index contributed by atoms with van der Waals surface area (Å²) in [4.78, 5) is 4.22. The van der Waals surface area contributed by atoms with E-state index in [1.165, 1.54) is 41.3 Å². The molecular formula is C21H25N3S. The number of benzene rings is 2. The van der Waals surface area contributed by atoms with Gasteiger partial charge in [-0.2, -0.15) is 0 Å². The first-order chi connectivity index (χ1) is 12.4. The number of nitrogens with one attached hydrogen (secondary N) is 2. The normalized spacial score (nSPS) is 24.4. The van der Waals surface area contributed by atoms with Gasteiger partial charge in [0.25, 0.3) is 0 Å². The SMILES string of the molecule is c1ccc(CNc2cc3c4c(c2)[C@@H]2CNCC[C@@H]2N4CCCS3)cc1. The van der Waals surface area contributed by atoms with Gasteiger partial charge in [-0.1, -0.05) is 30.3 Å². The standard InChI is InChI=1S/C21H25N3S/c1-2-5-15(6-3-1)13-23-16-11-17-18-14-22-8-7-19(18)24-9-4-10-25-20(12-16)21(17)24/h1-3,5-6,11-12,18-19,22-23H,4,7-10,13-14H2/t18-,19-/m0/s1. The molecule has 2 aromatic rings. The maximum atomic E-state index is 3.67. The Morgan fingerprint density at radius 1 is 1.20 bits per heavy atom. The summed E-state index contributed by atoms with van der Waals surface area (Å²) in [6.07, 6.45) is 2.57. The van der Waals surface area contributed by atoms with Crippen LogP contribution in [0.15, 0.2) is 47.4 Å². The highest BCUT2D eigenvalue weighted by Crippen LogP contribution is 2.50. The van der Waals surface area contributed by atoms with Crippen molar-refractivity contribution in [3.63, 3.8) is 0 Å². The molecule has 3 nitrogen and oxygen atoms in total. The molecule has 2 atom stereocenters. The summed E-state index contributed by atoms with van der Waals surface area (Å²) in [6, 6.07) is 16.2. The monoisotopic (exact) mass is 351 g/mol. The topological polar surface area (TPSA) is 27.3 Å². The maximum Gasteiger partial charge on any atom is 0.0545 e. The van der Waals surface area contributed by atoms with Crippen LogP contribution in [0, 0.1) is 0 Å². The van der Waals surface area contributed by atoms with E-state index >= 15 is 0 Å². The molecule has 0 unspecified atom stereocenters. The highest BCUT2D eigenvalue weighted by molar-refractivity contribution is 7.99. The molecule has 0 saturated carbocycles. The van der Waals surface area contributed by atoms with Gasteiger partial charge in [0.15, 0.2) is 0 Å². The van der Waals surface area contributed by atoms with Gasteiger partial charge in [0, 0.05) is 42.2 Å². The van der Waals surface area contributed by atoms with Crippen molar-refractivity contribution >= 4 is 23.1 Å². The Bertz CT molecular complexity index is 761. The summed E-state index contributed by atoms with van der Waals surface area (Å²) < 4.78 is 0. The third-order valence-electron chi connectivity index (χ3n) is 5.78. The van der Waals surface area contributed by atoms with Crippen molar-refractivity contribution in [2.75, 3.05) is 35.6 Å². The lowest BCUT2D eigenvalue weighted by molar-refractivity contribution is 0.403. The molecule has 2 N–H and O–H groups in total. The number of piperidine rings is 1. The first kappa shape index (κ1) is 15.6. The molecule has 25 heavy (non-hydrogen) atoms. The summed E-state index contributed by atoms with van der Waals surface area (Å²) in [6.45, 7) is 4.40. The van der Waals surface area contributed by atoms with Crippen LogP contribution >= 0.6 is 11.8 Å². The maximum absolute atomic E-state index is 3.67. The molecule has 3 heterocycles. The van der Waals surface area contributed by atoms with Gasteiger partial charge in [0.05, 0.1) is 5.69 Å². The molecule has 0 aromatic heterocycles. The molecule has 2 aromatic carbocycles. The zero-order chi connectivity index (χ0) is 16.6. The lowest BCUT2D eigenvalue weighted by Gasteiger charge is -2.33. The number of anilines is 2. The van der Waals surface area contributed by atoms with Crippen LogP contribution in [0.5, 0.6) is 0 Å². The van der Waals surface area contributed by atoms with Crippen molar-refractivity contribution < 1.29 is 0 Å². The Balaban J connectivity index is 1.48. The van der Waals surface area contributed by atoms with Crippen LogP contribution in [-0.4, -0.2) is 31.4 Å². The van der Waals surface area contributed by atoms with Gasteiger partial charge in [-0.3, -0.25) is 0 Å². The lowest BCUT2D eigenvalue weighted by Crippen LogP contribution is -2.44. The number of hydrogen-bond acceptors (Lipinski definition) is 4. The zero-order valence-corrected chi connectivity index (χ0v) is 15.3. The van der Waals surface area contributed by atoms with Crippen LogP contribution in [0.2, 0.25) is 0 Å². The minimum atomic E-state index is 0.652. The molecule has 0 aliphatic carbocycles. The molecule has 1 saturated heterocycles. The highest BCUT2D eigenvalue weighted by Gasteiger charge is 2.41. The van der Waals surface area contributed by atoms with Crippen molar-refractivity contribution in [1.29, 1.82) is 0 Å². The summed E-state index contributed by atoms with van der Waals surface area (Å²) in [7, 11) is 0. The third kappa shape index (κ3) is 2.81.